The highest BCUT2D eigenvalue weighted by molar-refractivity contribution is 5.99. The molecule has 0 atom stereocenters. The number of rotatable bonds is 6. The number of amides is 1. The number of nitro groups is 1. The third-order valence-electron chi connectivity index (χ3n) is 5.14. The topological polar surface area (TPSA) is 87.8 Å². The molecule has 29 heavy (non-hydrogen) atoms. The number of likely N-dealkylation sites (tertiary alicyclic amines) is 1. The molecule has 8 heteroatoms. The summed E-state index contributed by atoms with van der Waals surface area (Å²) in [4.78, 5) is 24.8. The Morgan fingerprint density at radius 1 is 1.21 bits per heavy atom. The van der Waals surface area contributed by atoms with Crippen molar-refractivity contribution in [3.05, 3.63) is 75.6 Å². The van der Waals surface area contributed by atoms with Crippen LogP contribution in [0.1, 0.15) is 30.9 Å². The van der Waals surface area contributed by atoms with Crippen molar-refractivity contribution in [2.24, 2.45) is 11.0 Å². The van der Waals surface area contributed by atoms with Crippen molar-refractivity contribution in [3.8, 4) is 0 Å². The fourth-order valence-corrected chi connectivity index (χ4v) is 3.34. The highest BCUT2D eigenvalue weighted by Gasteiger charge is 2.25. The molecule has 7 nitrogen and oxygen atoms in total. The molecule has 1 heterocycles. The number of hydrazone groups is 1. The van der Waals surface area contributed by atoms with Crippen LogP contribution in [0.3, 0.4) is 0 Å². The summed E-state index contributed by atoms with van der Waals surface area (Å²) in [5, 5.41) is 14.8. The zero-order valence-corrected chi connectivity index (χ0v) is 16.2. The first kappa shape index (κ1) is 20.6. The molecule has 3 rings (SSSR count). The minimum Gasteiger partial charge on any atom is -0.299 e. The maximum Gasteiger partial charge on any atom is 0.269 e. The van der Waals surface area contributed by atoms with E-state index in [1.54, 1.807) is 31.2 Å². The molecule has 0 aliphatic carbocycles. The molecule has 1 aliphatic rings. The van der Waals surface area contributed by atoms with Crippen molar-refractivity contribution >= 4 is 17.3 Å². The van der Waals surface area contributed by atoms with Gasteiger partial charge in [-0.05, 0) is 56.6 Å². The lowest BCUT2D eigenvalue weighted by atomic mass is 9.96. The first-order valence-corrected chi connectivity index (χ1v) is 9.49. The van der Waals surface area contributed by atoms with Crippen molar-refractivity contribution in [2.45, 2.75) is 26.3 Å². The molecular weight excluding hydrogens is 375 g/mol. The summed E-state index contributed by atoms with van der Waals surface area (Å²) in [5.74, 6) is -0.486. The largest absolute Gasteiger partial charge is 0.299 e. The lowest BCUT2D eigenvalue weighted by molar-refractivity contribution is -0.384. The van der Waals surface area contributed by atoms with Crippen molar-refractivity contribution in [1.29, 1.82) is 0 Å². The summed E-state index contributed by atoms with van der Waals surface area (Å²) in [5.41, 5.74) is 4.55. The highest BCUT2D eigenvalue weighted by Crippen LogP contribution is 2.20. The second kappa shape index (κ2) is 9.38. The Hall–Kier alpha value is -3.13. The molecule has 0 saturated carbocycles. The zero-order valence-electron chi connectivity index (χ0n) is 16.2. The van der Waals surface area contributed by atoms with E-state index >= 15 is 0 Å². The Morgan fingerprint density at radius 2 is 1.86 bits per heavy atom. The van der Waals surface area contributed by atoms with Gasteiger partial charge in [0.25, 0.3) is 5.69 Å². The molecule has 0 aromatic heterocycles. The number of non-ortho nitro benzene ring substituents is 1. The summed E-state index contributed by atoms with van der Waals surface area (Å²) in [6, 6.07) is 12.8. The molecule has 1 N–H and O–H groups in total. The van der Waals surface area contributed by atoms with Crippen LogP contribution in [-0.4, -0.2) is 34.5 Å². The van der Waals surface area contributed by atoms with Crippen LogP contribution in [-0.2, 0) is 11.3 Å². The molecule has 1 fully saturated rings. The molecule has 2 aromatic carbocycles. The van der Waals surface area contributed by atoms with E-state index in [1.807, 2.05) is 6.07 Å². The van der Waals surface area contributed by atoms with Gasteiger partial charge >= 0.3 is 0 Å². The Morgan fingerprint density at radius 3 is 2.48 bits per heavy atom. The summed E-state index contributed by atoms with van der Waals surface area (Å²) >= 11 is 0. The van der Waals surface area contributed by atoms with E-state index in [1.165, 1.54) is 18.2 Å². The Bertz CT molecular complexity index is 906. The fraction of sp³-hybridized carbons (Fsp3) is 0.333. The number of hydrogen-bond acceptors (Lipinski definition) is 5. The number of nitrogens with one attached hydrogen (secondary N) is 1. The first-order valence-electron chi connectivity index (χ1n) is 9.49. The number of hydrogen-bond donors (Lipinski definition) is 1. The lowest BCUT2D eigenvalue weighted by Crippen LogP contribution is -2.39. The van der Waals surface area contributed by atoms with Gasteiger partial charge < -0.3 is 0 Å². The summed E-state index contributed by atoms with van der Waals surface area (Å²) in [6.07, 6.45) is 1.37. The van der Waals surface area contributed by atoms with Crippen LogP contribution < -0.4 is 5.43 Å². The maximum absolute atomic E-state index is 13.8. The number of halogens is 1. The van der Waals surface area contributed by atoms with E-state index in [-0.39, 0.29) is 23.3 Å². The van der Waals surface area contributed by atoms with Crippen LogP contribution >= 0.6 is 0 Å². The average Bonchev–Trinajstić information content (AvgIpc) is 2.74. The second-order valence-electron chi connectivity index (χ2n) is 7.12. The molecule has 1 aliphatic heterocycles. The quantitative estimate of drug-likeness (QED) is 0.458. The smallest absolute Gasteiger partial charge is 0.269 e. The normalized spacial score (nSPS) is 15.9. The van der Waals surface area contributed by atoms with Crippen molar-refractivity contribution in [3.63, 3.8) is 0 Å². The van der Waals surface area contributed by atoms with Gasteiger partial charge in [0.2, 0.25) is 5.91 Å². The monoisotopic (exact) mass is 398 g/mol. The van der Waals surface area contributed by atoms with E-state index in [2.05, 4.69) is 15.4 Å². The molecule has 0 spiro atoms. The first-order chi connectivity index (χ1) is 13.9. The maximum atomic E-state index is 13.8. The molecule has 2 aromatic rings. The van der Waals surface area contributed by atoms with Gasteiger partial charge in [-0.3, -0.25) is 19.8 Å². The van der Waals surface area contributed by atoms with Crippen molar-refractivity contribution < 1.29 is 14.1 Å². The van der Waals surface area contributed by atoms with Gasteiger partial charge in [-0.25, -0.2) is 9.82 Å². The van der Waals surface area contributed by atoms with Crippen LogP contribution in [0.2, 0.25) is 0 Å². The Balaban J connectivity index is 1.49. The lowest BCUT2D eigenvalue weighted by Gasteiger charge is -2.31. The predicted molar refractivity (Wildman–Crippen MR) is 108 cm³/mol. The predicted octanol–water partition coefficient (Wildman–Crippen LogP) is 3.49. The van der Waals surface area contributed by atoms with Crippen LogP contribution in [0.15, 0.2) is 53.6 Å². The van der Waals surface area contributed by atoms with Gasteiger partial charge in [0.1, 0.15) is 5.82 Å². The van der Waals surface area contributed by atoms with Crippen LogP contribution in [0.4, 0.5) is 10.1 Å². The van der Waals surface area contributed by atoms with Crippen LogP contribution in [0.25, 0.3) is 0 Å². The second-order valence-corrected chi connectivity index (χ2v) is 7.12. The van der Waals surface area contributed by atoms with Gasteiger partial charge in [-0.15, -0.1) is 0 Å². The summed E-state index contributed by atoms with van der Waals surface area (Å²) in [7, 11) is 0. The minimum atomic E-state index is -0.462. The zero-order chi connectivity index (χ0) is 20.8. The number of carbonyl (C=O) groups is 1. The molecule has 0 bridgehead atoms. The molecule has 1 amide bonds. The van der Waals surface area contributed by atoms with Gasteiger partial charge in [-0.2, -0.15) is 5.10 Å². The van der Waals surface area contributed by atoms with E-state index in [0.717, 1.165) is 13.1 Å². The molecule has 152 valence electrons. The molecular formula is C21H23FN4O3. The van der Waals surface area contributed by atoms with Gasteiger partial charge in [0.15, 0.2) is 0 Å². The van der Waals surface area contributed by atoms with Crippen LogP contribution in [0.5, 0.6) is 0 Å². The third kappa shape index (κ3) is 5.45. The van der Waals surface area contributed by atoms with E-state index in [4.69, 9.17) is 0 Å². The molecule has 1 saturated heterocycles. The van der Waals surface area contributed by atoms with E-state index < -0.39 is 4.92 Å². The Labute approximate surface area is 168 Å². The van der Waals surface area contributed by atoms with Crippen LogP contribution in [0, 0.1) is 21.8 Å². The van der Waals surface area contributed by atoms with Crippen molar-refractivity contribution in [2.75, 3.05) is 13.1 Å². The number of nitro benzene ring substituents is 1. The number of piperidine rings is 1. The third-order valence-corrected chi connectivity index (χ3v) is 5.14. The fourth-order valence-electron chi connectivity index (χ4n) is 3.34. The molecule has 0 radical (unpaired) electrons. The number of nitrogens with zero attached hydrogens (tertiary/aromatic N) is 3. The number of carbonyl (C=O) groups excluding carboxylic acids is 1. The van der Waals surface area contributed by atoms with E-state index in [9.17, 15) is 19.3 Å². The number of benzene rings is 2. The Kier molecular flexibility index (Phi) is 6.66. The van der Waals surface area contributed by atoms with Gasteiger partial charge in [0.05, 0.1) is 10.6 Å². The van der Waals surface area contributed by atoms with Crippen molar-refractivity contribution in [1.82, 2.24) is 10.3 Å². The van der Waals surface area contributed by atoms with Gasteiger partial charge in [-0.1, -0.05) is 18.2 Å². The molecule has 0 unspecified atom stereocenters. The minimum absolute atomic E-state index is 0.00716. The summed E-state index contributed by atoms with van der Waals surface area (Å²) in [6.45, 7) is 3.71. The highest BCUT2D eigenvalue weighted by atomic mass is 19.1. The SMILES string of the molecule is C/C(=N\NC(=O)C1CCN(Cc2ccccc2F)CC1)c1ccc([N+](=O)[O-])cc1. The van der Waals surface area contributed by atoms with Gasteiger partial charge in [0, 0.05) is 30.2 Å². The average molecular weight is 398 g/mol. The van der Waals surface area contributed by atoms with E-state index in [0.29, 0.717) is 36.2 Å². The summed E-state index contributed by atoms with van der Waals surface area (Å²) < 4.78 is 13.8. The standard InChI is InChI=1S/C21H23FN4O3/c1-15(16-6-8-19(9-7-16)26(28)29)23-24-21(27)17-10-12-25(13-11-17)14-18-4-2-3-5-20(18)22/h2-9,17H,10-14H2,1H3,(H,24,27)/b23-15+.